The summed E-state index contributed by atoms with van der Waals surface area (Å²) in [5.41, 5.74) is -0.181. The molecular weight excluding hydrogens is 192 g/mol. The van der Waals surface area contributed by atoms with E-state index in [9.17, 15) is 4.79 Å². The maximum Gasteiger partial charge on any atom is 0.227 e. The number of aliphatic hydroxyl groups excluding tert-OH is 1. The average Bonchev–Trinajstić information content (AvgIpc) is 2.74. The van der Waals surface area contributed by atoms with Gasteiger partial charge in [-0.05, 0) is 32.2 Å². The zero-order chi connectivity index (χ0) is 11.1. The SMILES string of the molecule is CCC1(C(=O)NCCCCO)CCNC1. The van der Waals surface area contributed by atoms with Gasteiger partial charge < -0.3 is 15.7 Å². The van der Waals surface area contributed by atoms with Crippen LogP contribution in [-0.4, -0.2) is 37.3 Å². The molecule has 1 saturated heterocycles. The topological polar surface area (TPSA) is 61.4 Å². The van der Waals surface area contributed by atoms with Crippen molar-refractivity contribution in [1.82, 2.24) is 10.6 Å². The average molecular weight is 214 g/mol. The highest BCUT2D eigenvalue weighted by Gasteiger charge is 2.38. The third-order valence-corrected chi connectivity index (χ3v) is 3.27. The third kappa shape index (κ3) is 3.18. The van der Waals surface area contributed by atoms with E-state index in [4.69, 9.17) is 5.11 Å². The van der Waals surface area contributed by atoms with E-state index in [1.54, 1.807) is 0 Å². The summed E-state index contributed by atoms with van der Waals surface area (Å²) in [6.45, 7) is 4.70. The minimum Gasteiger partial charge on any atom is -0.396 e. The van der Waals surface area contributed by atoms with E-state index in [1.807, 2.05) is 0 Å². The Morgan fingerprint density at radius 1 is 1.53 bits per heavy atom. The van der Waals surface area contributed by atoms with Crippen molar-refractivity contribution in [2.75, 3.05) is 26.2 Å². The molecule has 88 valence electrons. The molecule has 1 rings (SSSR count). The second kappa shape index (κ2) is 6.08. The second-order valence-electron chi connectivity index (χ2n) is 4.25. The quantitative estimate of drug-likeness (QED) is 0.556. The molecule has 0 aromatic rings. The van der Waals surface area contributed by atoms with E-state index in [0.29, 0.717) is 6.54 Å². The van der Waals surface area contributed by atoms with Gasteiger partial charge in [0.2, 0.25) is 5.91 Å². The molecular formula is C11H22N2O2. The molecule has 1 aliphatic rings. The highest BCUT2D eigenvalue weighted by atomic mass is 16.2. The minimum absolute atomic E-state index is 0.174. The number of carbonyl (C=O) groups is 1. The molecule has 1 heterocycles. The van der Waals surface area contributed by atoms with Gasteiger partial charge in [0.15, 0.2) is 0 Å². The Morgan fingerprint density at radius 3 is 2.87 bits per heavy atom. The predicted octanol–water partition coefficient (Wildman–Crippen LogP) is 0.265. The Kier molecular flexibility index (Phi) is 5.05. The molecule has 0 saturated carbocycles. The van der Waals surface area contributed by atoms with E-state index in [-0.39, 0.29) is 17.9 Å². The summed E-state index contributed by atoms with van der Waals surface area (Å²) in [7, 11) is 0. The number of unbranched alkanes of at least 4 members (excludes halogenated alkanes) is 1. The first-order valence-electron chi connectivity index (χ1n) is 5.85. The monoisotopic (exact) mass is 214 g/mol. The van der Waals surface area contributed by atoms with Crippen molar-refractivity contribution < 1.29 is 9.90 Å². The Morgan fingerprint density at radius 2 is 2.33 bits per heavy atom. The van der Waals surface area contributed by atoms with Gasteiger partial charge in [-0.15, -0.1) is 0 Å². The molecule has 3 N–H and O–H groups in total. The van der Waals surface area contributed by atoms with E-state index in [1.165, 1.54) is 0 Å². The molecule has 0 spiro atoms. The normalized spacial score (nSPS) is 25.5. The predicted molar refractivity (Wildman–Crippen MR) is 59.5 cm³/mol. The first-order valence-corrected chi connectivity index (χ1v) is 5.85. The van der Waals surface area contributed by atoms with Crippen molar-refractivity contribution in [3.63, 3.8) is 0 Å². The van der Waals surface area contributed by atoms with E-state index >= 15 is 0 Å². The van der Waals surface area contributed by atoms with Crippen LogP contribution in [0.3, 0.4) is 0 Å². The lowest BCUT2D eigenvalue weighted by Crippen LogP contribution is -2.42. The lowest BCUT2D eigenvalue weighted by Gasteiger charge is -2.25. The van der Waals surface area contributed by atoms with Crippen LogP contribution in [0.2, 0.25) is 0 Å². The molecule has 1 aliphatic heterocycles. The number of rotatable bonds is 6. The lowest BCUT2D eigenvalue weighted by molar-refractivity contribution is -0.130. The van der Waals surface area contributed by atoms with Gasteiger partial charge in [0.05, 0.1) is 5.41 Å². The van der Waals surface area contributed by atoms with Crippen LogP contribution in [0.15, 0.2) is 0 Å². The van der Waals surface area contributed by atoms with Crippen molar-refractivity contribution >= 4 is 5.91 Å². The molecule has 1 amide bonds. The molecule has 0 radical (unpaired) electrons. The van der Waals surface area contributed by atoms with Crippen LogP contribution < -0.4 is 10.6 Å². The Bertz CT molecular complexity index is 201. The molecule has 4 nitrogen and oxygen atoms in total. The highest BCUT2D eigenvalue weighted by Crippen LogP contribution is 2.29. The van der Waals surface area contributed by atoms with Crippen LogP contribution in [0.4, 0.5) is 0 Å². The molecule has 1 fully saturated rings. The van der Waals surface area contributed by atoms with Crippen LogP contribution in [0, 0.1) is 5.41 Å². The fraction of sp³-hybridized carbons (Fsp3) is 0.909. The van der Waals surface area contributed by atoms with Crippen molar-refractivity contribution in [3.05, 3.63) is 0 Å². The molecule has 4 heteroatoms. The van der Waals surface area contributed by atoms with Gasteiger partial charge in [0, 0.05) is 19.7 Å². The Labute approximate surface area is 91.4 Å². The fourth-order valence-corrected chi connectivity index (χ4v) is 2.03. The fourth-order valence-electron chi connectivity index (χ4n) is 2.03. The van der Waals surface area contributed by atoms with Gasteiger partial charge in [0.25, 0.3) is 0 Å². The van der Waals surface area contributed by atoms with Gasteiger partial charge in [-0.3, -0.25) is 4.79 Å². The van der Waals surface area contributed by atoms with E-state index < -0.39 is 0 Å². The largest absolute Gasteiger partial charge is 0.396 e. The standard InChI is InChI=1S/C11H22N2O2/c1-2-11(5-7-12-9-11)10(15)13-6-3-4-8-14/h12,14H,2-9H2,1H3,(H,13,15). The first-order chi connectivity index (χ1) is 7.25. The molecule has 0 aromatic carbocycles. The Hall–Kier alpha value is -0.610. The minimum atomic E-state index is -0.181. The zero-order valence-electron chi connectivity index (χ0n) is 9.51. The Balaban J connectivity index is 2.31. The summed E-state index contributed by atoms with van der Waals surface area (Å²) < 4.78 is 0. The molecule has 1 unspecified atom stereocenters. The number of hydrogen-bond donors (Lipinski definition) is 3. The first kappa shape index (κ1) is 12.5. The molecule has 1 atom stereocenters. The van der Waals surface area contributed by atoms with Gasteiger partial charge >= 0.3 is 0 Å². The van der Waals surface area contributed by atoms with Gasteiger partial charge in [0.1, 0.15) is 0 Å². The van der Waals surface area contributed by atoms with Gasteiger partial charge in [-0.1, -0.05) is 6.92 Å². The number of hydrogen-bond acceptors (Lipinski definition) is 3. The smallest absolute Gasteiger partial charge is 0.227 e. The number of amides is 1. The number of aliphatic hydroxyl groups is 1. The summed E-state index contributed by atoms with van der Waals surface area (Å²) >= 11 is 0. The van der Waals surface area contributed by atoms with Crippen molar-refractivity contribution in [3.8, 4) is 0 Å². The summed E-state index contributed by atoms with van der Waals surface area (Å²) in [6, 6.07) is 0. The van der Waals surface area contributed by atoms with Crippen LogP contribution in [0.1, 0.15) is 32.6 Å². The summed E-state index contributed by atoms with van der Waals surface area (Å²) in [5.74, 6) is 0.174. The molecule has 0 aromatic heterocycles. The third-order valence-electron chi connectivity index (χ3n) is 3.27. The number of carbonyl (C=O) groups excluding carboxylic acids is 1. The zero-order valence-corrected chi connectivity index (χ0v) is 9.51. The second-order valence-corrected chi connectivity index (χ2v) is 4.25. The summed E-state index contributed by atoms with van der Waals surface area (Å²) in [6.07, 6.45) is 3.45. The molecule has 0 aliphatic carbocycles. The van der Waals surface area contributed by atoms with Crippen molar-refractivity contribution in [1.29, 1.82) is 0 Å². The lowest BCUT2D eigenvalue weighted by atomic mass is 9.83. The maximum atomic E-state index is 11.9. The molecule has 0 bridgehead atoms. The van der Waals surface area contributed by atoms with Crippen LogP contribution in [0.5, 0.6) is 0 Å². The van der Waals surface area contributed by atoms with Crippen LogP contribution in [0.25, 0.3) is 0 Å². The highest BCUT2D eigenvalue weighted by molar-refractivity contribution is 5.83. The van der Waals surface area contributed by atoms with E-state index in [2.05, 4.69) is 17.6 Å². The summed E-state index contributed by atoms with van der Waals surface area (Å²) in [4.78, 5) is 11.9. The van der Waals surface area contributed by atoms with Gasteiger partial charge in [-0.2, -0.15) is 0 Å². The maximum absolute atomic E-state index is 11.9. The van der Waals surface area contributed by atoms with Crippen molar-refractivity contribution in [2.45, 2.75) is 32.6 Å². The summed E-state index contributed by atoms with van der Waals surface area (Å²) in [5, 5.41) is 14.8. The number of nitrogens with one attached hydrogen (secondary N) is 2. The van der Waals surface area contributed by atoms with Crippen LogP contribution in [-0.2, 0) is 4.79 Å². The van der Waals surface area contributed by atoms with Crippen molar-refractivity contribution in [2.24, 2.45) is 5.41 Å². The molecule has 15 heavy (non-hydrogen) atoms. The van der Waals surface area contributed by atoms with E-state index in [0.717, 1.165) is 38.8 Å². The van der Waals surface area contributed by atoms with Crippen LogP contribution >= 0.6 is 0 Å². The van der Waals surface area contributed by atoms with Gasteiger partial charge in [-0.25, -0.2) is 0 Å².